The predicted molar refractivity (Wildman–Crippen MR) is 79.3 cm³/mol. The second-order valence-corrected chi connectivity index (χ2v) is 5.00. The number of nitrogens with zero attached hydrogens (tertiary/aromatic N) is 2. The largest absolute Gasteiger partial charge is 0.506 e. The molecule has 2 aromatic rings. The molecule has 0 aliphatic heterocycles. The number of benzene rings is 2. The molecular weight excluding hydrogens is 252 g/mol. The van der Waals surface area contributed by atoms with Gasteiger partial charge in [-0.1, -0.05) is 6.07 Å². The third-order valence-corrected chi connectivity index (χ3v) is 3.49. The van der Waals surface area contributed by atoms with E-state index in [-0.39, 0.29) is 11.5 Å². The molecule has 2 rings (SSSR count). The minimum absolute atomic E-state index is 0.0697. The molecule has 4 heteroatoms. The lowest BCUT2D eigenvalue weighted by Crippen LogP contribution is -1.87. The van der Waals surface area contributed by atoms with Crippen LogP contribution in [0.4, 0.5) is 11.4 Å². The van der Waals surface area contributed by atoms with E-state index in [0.717, 1.165) is 22.3 Å². The van der Waals surface area contributed by atoms with Gasteiger partial charge in [0.05, 0.1) is 0 Å². The summed E-state index contributed by atoms with van der Waals surface area (Å²) in [6.07, 6.45) is 0. The molecule has 0 bridgehead atoms. The van der Waals surface area contributed by atoms with Gasteiger partial charge in [0.2, 0.25) is 0 Å². The quantitative estimate of drug-likeness (QED) is 0.773. The van der Waals surface area contributed by atoms with Gasteiger partial charge in [-0.05, 0) is 68.1 Å². The molecule has 0 unspecified atom stereocenters. The monoisotopic (exact) mass is 270 g/mol. The van der Waals surface area contributed by atoms with Crippen molar-refractivity contribution in [2.24, 2.45) is 10.2 Å². The van der Waals surface area contributed by atoms with Crippen LogP contribution in [0, 0.1) is 27.7 Å². The van der Waals surface area contributed by atoms with Crippen molar-refractivity contribution < 1.29 is 10.2 Å². The van der Waals surface area contributed by atoms with Crippen molar-refractivity contribution in [1.29, 1.82) is 0 Å². The van der Waals surface area contributed by atoms with E-state index in [4.69, 9.17) is 0 Å². The maximum absolute atomic E-state index is 9.98. The van der Waals surface area contributed by atoms with Crippen LogP contribution < -0.4 is 0 Å². The first-order chi connectivity index (χ1) is 9.40. The molecule has 0 radical (unpaired) electrons. The maximum Gasteiger partial charge on any atom is 0.143 e. The summed E-state index contributed by atoms with van der Waals surface area (Å²) >= 11 is 0. The summed E-state index contributed by atoms with van der Waals surface area (Å²) in [5.74, 6) is 0.168. The van der Waals surface area contributed by atoms with Crippen molar-refractivity contribution in [3.63, 3.8) is 0 Å². The fourth-order valence-corrected chi connectivity index (χ4v) is 1.99. The normalized spacial score (nSPS) is 11.2. The van der Waals surface area contributed by atoms with Crippen LogP contribution in [-0.2, 0) is 0 Å². The van der Waals surface area contributed by atoms with Crippen LogP contribution >= 0.6 is 0 Å². The number of aromatic hydroxyl groups is 2. The maximum atomic E-state index is 9.98. The van der Waals surface area contributed by atoms with E-state index in [1.807, 2.05) is 27.7 Å². The summed E-state index contributed by atoms with van der Waals surface area (Å²) < 4.78 is 0. The Morgan fingerprint density at radius 1 is 0.800 bits per heavy atom. The van der Waals surface area contributed by atoms with Crippen LogP contribution in [0.2, 0.25) is 0 Å². The highest BCUT2D eigenvalue weighted by Crippen LogP contribution is 2.36. The first-order valence-corrected chi connectivity index (χ1v) is 6.41. The first kappa shape index (κ1) is 14.1. The number of rotatable bonds is 2. The molecule has 20 heavy (non-hydrogen) atoms. The Bertz CT molecular complexity index is 691. The molecule has 0 heterocycles. The van der Waals surface area contributed by atoms with Crippen molar-refractivity contribution >= 4 is 11.4 Å². The summed E-state index contributed by atoms with van der Waals surface area (Å²) in [6, 6.07) is 6.79. The molecule has 0 amide bonds. The average molecular weight is 270 g/mol. The van der Waals surface area contributed by atoms with Crippen molar-refractivity contribution in [2.75, 3.05) is 0 Å². The molecule has 0 saturated heterocycles. The zero-order chi connectivity index (χ0) is 14.9. The summed E-state index contributed by atoms with van der Waals surface area (Å²) in [7, 11) is 0. The van der Waals surface area contributed by atoms with E-state index >= 15 is 0 Å². The van der Waals surface area contributed by atoms with E-state index in [0.29, 0.717) is 11.4 Å². The Labute approximate surface area is 118 Å². The van der Waals surface area contributed by atoms with Crippen LogP contribution in [0.25, 0.3) is 0 Å². The Morgan fingerprint density at radius 3 is 2.20 bits per heavy atom. The van der Waals surface area contributed by atoms with Gasteiger partial charge in [-0.15, -0.1) is 10.2 Å². The van der Waals surface area contributed by atoms with Gasteiger partial charge in [-0.2, -0.15) is 0 Å². The highest BCUT2D eigenvalue weighted by atomic mass is 16.3. The lowest BCUT2D eigenvalue weighted by Gasteiger charge is -2.09. The van der Waals surface area contributed by atoms with E-state index < -0.39 is 0 Å². The zero-order valence-corrected chi connectivity index (χ0v) is 12.1. The molecule has 0 aliphatic carbocycles. The average Bonchev–Trinajstić information content (AvgIpc) is 2.40. The van der Waals surface area contributed by atoms with Crippen LogP contribution in [0.3, 0.4) is 0 Å². The van der Waals surface area contributed by atoms with Gasteiger partial charge < -0.3 is 10.2 Å². The number of azo groups is 1. The molecule has 104 valence electrons. The van der Waals surface area contributed by atoms with Crippen LogP contribution in [0.1, 0.15) is 22.3 Å². The highest BCUT2D eigenvalue weighted by molar-refractivity contribution is 5.62. The van der Waals surface area contributed by atoms with E-state index in [1.165, 1.54) is 0 Å². The van der Waals surface area contributed by atoms with E-state index in [1.54, 1.807) is 24.3 Å². The molecular formula is C16H18N2O2. The third kappa shape index (κ3) is 2.64. The Kier molecular flexibility index (Phi) is 3.74. The van der Waals surface area contributed by atoms with Gasteiger partial charge in [0.25, 0.3) is 0 Å². The van der Waals surface area contributed by atoms with Crippen molar-refractivity contribution in [2.45, 2.75) is 27.7 Å². The van der Waals surface area contributed by atoms with Crippen molar-refractivity contribution in [1.82, 2.24) is 0 Å². The summed E-state index contributed by atoms with van der Waals surface area (Å²) in [4.78, 5) is 0. The second kappa shape index (κ2) is 5.33. The van der Waals surface area contributed by atoms with Gasteiger partial charge in [-0.25, -0.2) is 0 Å². The molecule has 2 aromatic carbocycles. The fraction of sp³-hybridized carbons (Fsp3) is 0.250. The SMILES string of the molecule is Cc1ccc(O)c(N=Nc2c(O)cc(C)c(C)c2C)c1. The Balaban J connectivity index is 2.47. The number of hydrogen-bond acceptors (Lipinski definition) is 4. The fourth-order valence-electron chi connectivity index (χ4n) is 1.99. The summed E-state index contributed by atoms with van der Waals surface area (Å²) in [6.45, 7) is 7.73. The molecule has 0 aromatic heterocycles. The topological polar surface area (TPSA) is 65.2 Å². The Hall–Kier alpha value is -2.36. The molecule has 2 N–H and O–H groups in total. The molecule has 4 nitrogen and oxygen atoms in total. The predicted octanol–water partition coefficient (Wildman–Crippen LogP) is 4.75. The van der Waals surface area contributed by atoms with Crippen molar-refractivity contribution in [3.8, 4) is 11.5 Å². The number of phenols is 2. The third-order valence-electron chi connectivity index (χ3n) is 3.49. The second-order valence-electron chi connectivity index (χ2n) is 5.00. The van der Waals surface area contributed by atoms with Gasteiger partial charge >= 0.3 is 0 Å². The lowest BCUT2D eigenvalue weighted by atomic mass is 10.0. The highest BCUT2D eigenvalue weighted by Gasteiger charge is 2.10. The summed E-state index contributed by atoms with van der Waals surface area (Å²) in [5, 5.41) is 27.9. The first-order valence-electron chi connectivity index (χ1n) is 6.41. The zero-order valence-electron chi connectivity index (χ0n) is 12.1. The number of phenolic OH excluding ortho intramolecular Hbond substituents is 2. The number of hydrogen-bond donors (Lipinski definition) is 2. The standard InChI is InChI=1S/C16H18N2O2/c1-9-5-6-14(19)13(7-9)17-18-16-12(4)11(3)10(2)8-15(16)20/h5-8,19-20H,1-4H3. The van der Waals surface area contributed by atoms with Gasteiger partial charge in [-0.3, -0.25) is 0 Å². The van der Waals surface area contributed by atoms with E-state index in [9.17, 15) is 10.2 Å². The molecule has 0 atom stereocenters. The van der Waals surface area contributed by atoms with Gasteiger partial charge in [0.15, 0.2) is 0 Å². The van der Waals surface area contributed by atoms with Crippen LogP contribution in [-0.4, -0.2) is 10.2 Å². The summed E-state index contributed by atoms with van der Waals surface area (Å²) in [5.41, 5.74) is 4.79. The molecule has 0 saturated carbocycles. The minimum Gasteiger partial charge on any atom is -0.506 e. The van der Waals surface area contributed by atoms with Crippen molar-refractivity contribution in [3.05, 3.63) is 46.5 Å². The lowest BCUT2D eigenvalue weighted by molar-refractivity contribution is 0.473. The Morgan fingerprint density at radius 2 is 1.50 bits per heavy atom. The molecule has 0 fully saturated rings. The van der Waals surface area contributed by atoms with Crippen LogP contribution in [0.5, 0.6) is 11.5 Å². The van der Waals surface area contributed by atoms with Gasteiger partial charge in [0, 0.05) is 0 Å². The van der Waals surface area contributed by atoms with E-state index in [2.05, 4.69) is 10.2 Å². The smallest absolute Gasteiger partial charge is 0.143 e. The molecule has 0 spiro atoms. The van der Waals surface area contributed by atoms with Gasteiger partial charge in [0.1, 0.15) is 22.9 Å². The molecule has 0 aliphatic rings. The van der Waals surface area contributed by atoms with Crippen LogP contribution in [0.15, 0.2) is 34.5 Å². The number of aryl methyl sites for hydroxylation is 2. The minimum atomic E-state index is 0.0697.